The quantitative estimate of drug-likeness (QED) is 0.617. The van der Waals surface area contributed by atoms with Gasteiger partial charge in [0.05, 0.1) is 4.75 Å². The average Bonchev–Trinajstić information content (AvgIpc) is 2.80. The first-order valence-electron chi connectivity index (χ1n) is 8.88. The molecule has 0 bridgehead atoms. The van der Waals surface area contributed by atoms with E-state index < -0.39 is 48.9 Å². The van der Waals surface area contributed by atoms with E-state index in [1.807, 2.05) is 0 Å². The van der Waals surface area contributed by atoms with Crippen molar-refractivity contribution in [2.24, 2.45) is 0 Å². The summed E-state index contributed by atoms with van der Waals surface area (Å²) in [5, 5.41) is 3.00. The molecule has 0 radical (unpaired) electrons. The van der Waals surface area contributed by atoms with Crippen LogP contribution in [0, 0.1) is 0 Å². The Morgan fingerprint density at radius 2 is 2.22 bits per heavy atom. The highest BCUT2D eigenvalue weighted by Crippen LogP contribution is 2.69. The number of aromatic nitrogens is 2. The van der Waals surface area contributed by atoms with E-state index in [9.17, 15) is 14.5 Å². The largest absolute Gasteiger partial charge is 0.500 e. The van der Waals surface area contributed by atoms with E-state index in [0.717, 1.165) is 25.0 Å². The van der Waals surface area contributed by atoms with Crippen molar-refractivity contribution in [1.82, 2.24) is 14.6 Å². The van der Waals surface area contributed by atoms with E-state index in [2.05, 4.69) is 10.1 Å². The van der Waals surface area contributed by atoms with E-state index in [1.165, 1.54) is 28.6 Å². The molecule has 0 amide bonds. The molecule has 3 aliphatic heterocycles. The number of halogens is 1. The number of H-pyrrole nitrogens is 1. The third-order valence-electron chi connectivity index (χ3n) is 5.66. The van der Waals surface area contributed by atoms with Crippen LogP contribution in [0.15, 0.2) is 21.9 Å². The van der Waals surface area contributed by atoms with Gasteiger partial charge in [-0.15, -0.1) is 16.8 Å². The summed E-state index contributed by atoms with van der Waals surface area (Å²) in [5.74, 6) is -1.54. The Labute approximate surface area is 158 Å². The minimum absolute atomic E-state index is 0.0976. The molecule has 4 aliphatic rings. The predicted octanol–water partition coefficient (Wildman–Crippen LogP) is 0.834. The molecular weight excluding hydrogens is 400 g/mol. The van der Waals surface area contributed by atoms with Gasteiger partial charge in [-0.1, -0.05) is 6.42 Å². The minimum Gasteiger partial charge on any atom is -0.316 e. The van der Waals surface area contributed by atoms with Crippen LogP contribution in [0.25, 0.3) is 0 Å². The Hall–Kier alpha value is -0.810. The summed E-state index contributed by atoms with van der Waals surface area (Å²) in [6.07, 6.45) is 2.66. The van der Waals surface area contributed by atoms with Crippen molar-refractivity contribution in [3.8, 4) is 0 Å². The SMILES string of the molecule is O=c1ccn([C@@H]2O[C@]3(F)CO[P+](O)(NC4CCC4)O[C@H]3C23CCS3)c(=O)[nH]1. The number of rotatable bonds is 3. The molecule has 27 heavy (non-hydrogen) atoms. The van der Waals surface area contributed by atoms with Crippen LogP contribution in [-0.4, -0.2) is 49.6 Å². The second kappa shape index (κ2) is 6.09. The highest BCUT2D eigenvalue weighted by molar-refractivity contribution is 8.02. The molecule has 148 valence electrons. The predicted molar refractivity (Wildman–Crippen MR) is 95.8 cm³/mol. The van der Waals surface area contributed by atoms with Crippen molar-refractivity contribution in [3.63, 3.8) is 0 Å². The standard InChI is InChI=1S/C15H19FN3O6PS/c16-15-8-23-26(22,18-9-2-1-3-9)25-11(15)14(5-7-27-14)12(24-15)19-6-4-10(20)17-13(19)21/h4,6,9,11-12,18,22H,1-3,5,7-8H2/p+1/t11-,12+,14?,15+,26?/m0/s1. The fourth-order valence-corrected chi connectivity index (χ4v) is 7.27. The summed E-state index contributed by atoms with van der Waals surface area (Å²) < 4.78 is 32.7. The third-order valence-corrected chi connectivity index (χ3v) is 8.90. The fourth-order valence-electron chi connectivity index (χ4n) is 3.95. The Morgan fingerprint density at radius 1 is 1.44 bits per heavy atom. The first kappa shape index (κ1) is 18.2. The molecule has 3 N–H and O–H groups in total. The molecule has 5 rings (SSSR count). The van der Waals surface area contributed by atoms with Gasteiger partial charge in [-0.05, 0) is 25.0 Å². The Bertz CT molecular complexity index is 876. The Kier molecular flexibility index (Phi) is 4.11. The molecule has 5 atom stereocenters. The second-order valence-electron chi connectivity index (χ2n) is 7.36. The smallest absolute Gasteiger partial charge is 0.316 e. The Morgan fingerprint density at radius 3 is 2.81 bits per heavy atom. The van der Waals surface area contributed by atoms with E-state index in [1.54, 1.807) is 0 Å². The van der Waals surface area contributed by atoms with Gasteiger partial charge >= 0.3 is 13.8 Å². The molecule has 9 nitrogen and oxygen atoms in total. The Balaban J connectivity index is 1.49. The van der Waals surface area contributed by atoms with E-state index in [4.69, 9.17) is 13.8 Å². The fraction of sp³-hybridized carbons (Fsp3) is 0.733. The number of nitrogens with one attached hydrogen (secondary N) is 2. The number of hydrogen-bond donors (Lipinski definition) is 3. The number of hydrogen-bond acceptors (Lipinski definition) is 8. The maximum Gasteiger partial charge on any atom is 0.500 e. The summed E-state index contributed by atoms with van der Waals surface area (Å²) in [6.45, 7) is -0.488. The number of ether oxygens (including phenoxy) is 1. The van der Waals surface area contributed by atoms with Crippen molar-refractivity contribution in [3.05, 3.63) is 33.1 Å². The van der Waals surface area contributed by atoms with Crippen LogP contribution in [0.4, 0.5) is 4.39 Å². The molecule has 4 heterocycles. The van der Waals surface area contributed by atoms with Crippen LogP contribution in [0.2, 0.25) is 0 Å². The minimum atomic E-state index is -3.42. The van der Waals surface area contributed by atoms with Crippen molar-refractivity contribution in [2.75, 3.05) is 12.4 Å². The van der Waals surface area contributed by atoms with Gasteiger partial charge in [-0.3, -0.25) is 14.3 Å². The van der Waals surface area contributed by atoms with Crippen LogP contribution in [-0.2, 0) is 13.8 Å². The molecule has 4 fully saturated rings. The van der Waals surface area contributed by atoms with Gasteiger partial charge in [0.15, 0.2) is 18.9 Å². The van der Waals surface area contributed by atoms with Gasteiger partial charge in [-0.2, -0.15) is 13.9 Å². The van der Waals surface area contributed by atoms with Crippen LogP contribution >= 0.6 is 19.9 Å². The van der Waals surface area contributed by atoms with Crippen LogP contribution in [0.3, 0.4) is 0 Å². The lowest BCUT2D eigenvalue weighted by atomic mass is 9.93. The van der Waals surface area contributed by atoms with Gasteiger partial charge in [0.1, 0.15) is 0 Å². The first-order valence-corrected chi connectivity index (χ1v) is 11.4. The van der Waals surface area contributed by atoms with Gasteiger partial charge in [0, 0.05) is 18.3 Å². The summed E-state index contributed by atoms with van der Waals surface area (Å²) >= 11 is 1.44. The normalized spacial score (nSPS) is 43.9. The molecule has 3 saturated heterocycles. The van der Waals surface area contributed by atoms with Crippen LogP contribution < -0.4 is 16.3 Å². The highest BCUT2D eigenvalue weighted by atomic mass is 32.2. The maximum atomic E-state index is 15.6. The third kappa shape index (κ3) is 2.75. The van der Waals surface area contributed by atoms with E-state index in [0.29, 0.717) is 6.42 Å². The van der Waals surface area contributed by atoms with Crippen molar-refractivity contribution in [1.29, 1.82) is 0 Å². The molecule has 1 aromatic rings. The molecule has 1 spiro atoms. The number of alkyl halides is 1. The van der Waals surface area contributed by atoms with Crippen LogP contribution in [0.5, 0.6) is 0 Å². The highest BCUT2D eigenvalue weighted by Gasteiger charge is 2.76. The number of thioether (sulfide) groups is 1. The van der Waals surface area contributed by atoms with Gasteiger partial charge in [-0.25, -0.2) is 9.18 Å². The summed E-state index contributed by atoms with van der Waals surface area (Å²) in [7, 11) is -3.42. The summed E-state index contributed by atoms with van der Waals surface area (Å²) in [5.41, 5.74) is -1.22. The molecule has 1 aliphatic carbocycles. The van der Waals surface area contributed by atoms with Gasteiger partial charge in [0.2, 0.25) is 0 Å². The first-order chi connectivity index (χ1) is 12.8. The molecule has 1 saturated carbocycles. The maximum absolute atomic E-state index is 15.6. The van der Waals surface area contributed by atoms with E-state index in [-0.39, 0.29) is 6.04 Å². The zero-order valence-corrected chi connectivity index (χ0v) is 16.0. The molecule has 1 aromatic heterocycles. The van der Waals surface area contributed by atoms with Crippen molar-refractivity contribution >= 4 is 19.9 Å². The van der Waals surface area contributed by atoms with Crippen LogP contribution in [0.1, 0.15) is 31.9 Å². The second-order valence-corrected chi connectivity index (χ2v) is 10.6. The topological polar surface area (TPSA) is 115 Å². The molecule has 0 aromatic carbocycles. The lowest BCUT2D eigenvalue weighted by molar-refractivity contribution is -0.219. The van der Waals surface area contributed by atoms with Crippen molar-refractivity contribution in [2.45, 2.75) is 54.7 Å². The zero-order chi connectivity index (χ0) is 18.9. The van der Waals surface area contributed by atoms with Gasteiger partial charge < -0.3 is 4.74 Å². The number of aromatic amines is 1. The van der Waals surface area contributed by atoms with Crippen molar-refractivity contribution < 1.29 is 23.1 Å². The van der Waals surface area contributed by atoms with E-state index >= 15 is 4.39 Å². The molecule has 12 heteroatoms. The monoisotopic (exact) mass is 420 g/mol. The zero-order valence-electron chi connectivity index (χ0n) is 14.3. The van der Waals surface area contributed by atoms with Gasteiger partial charge in [0.25, 0.3) is 11.4 Å². The molecule has 2 unspecified atom stereocenters. The summed E-state index contributed by atoms with van der Waals surface area (Å²) in [6, 6.07) is 1.29. The number of nitrogens with zero attached hydrogens (tertiary/aromatic N) is 1. The lowest BCUT2D eigenvalue weighted by Crippen LogP contribution is -2.58. The average molecular weight is 420 g/mol. The molecular formula is C15H20FN3O6PS+. The number of fused-ring (bicyclic) bond motifs is 2. The lowest BCUT2D eigenvalue weighted by Gasteiger charge is -2.45. The summed E-state index contributed by atoms with van der Waals surface area (Å²) in [4.78, 5) is 36.6.